The van der Waals surface area contributed by atoms with Crippen molar-refractivity contribution in [2.24, 2.45) is 0 Å². The number of carbonyl (C=O) groups is 1. The summed E-state index contributed by atoms with van der Waals surface area (Å²) in [5.41, 5.74) is 0. The average Bonchev–Trinajstić information content (AvgIpc) is 2.85. The van der Waals surface area contributed by atoms with Crippen LogP contribution >= 0.6 is 11.8 Å². The molecule has 0 spiro atoms. The number of furan rings is 1. The normalized spacial score (nSPS) is 22.8. The number of carboxylic acid groups (broad SMARTS) is 1. The van der Waals surface area contributed by atoms with Crippen LogP contribution in [0, 0.1) is 0 Å². The lowest BCUT2D eigenvalue weighted by Gasteiger charge is -2.39. The van der Waals surface area contributed by atoms with Crippen LogP contribution in [0.1, 0.15) is 31.6 Å². The predicted molar refractivity (Wildman–Crippen MR) is 71.8 cm³/mol. The van der Waals surface area contributed by atoms with Crippen LogP contribution in [0.2, 0.25) is 0 Å². The van der Waals surface area contributed by atoms with Crippen molar-refractivity contribution in [3.8, 4) is 0 Å². The molecule has 2 atom stereocenters. The Morgan fingerprint density at radius 2 is 2.56 bits per heavy atom. The second-order valence-electron chi connectivity index (χ2n) is 4.50. The highest BCUT2D eigenvalue weighted by Crippen LogP contribution is 2.31. The molecule has 1 aromatic rings. The number of hydrogen-bond acceptors (Lipinski definition) is 4. The van der Waals surface area contributed by atoms with E-state index in [0.29, 0.717) is 0 Å². The summed E-state index contributed by atoms with van der Waals surface area (Å²) in [6, 6.07) is 4.18. The Morgan fingerprint density at radius 3 is 3.17 bits per heavy atom. The molecule has 0 bridgehead atoms. The fourth-order valence-corrected chi connectivity index (χ4v) is 3.62. The van der Waals surface area contributed by atoms with Crippen LogP contribution in [0.5, 0.6) is 0 Å². The Morgan fingerprint density at radius 1 is 1.72 bits per heavy atom. The molecular formula is C13H19NO3S. The molecule has 100 valence electrons. The zero-order valence-corrected chi connectivity index (χ0v) is 11.4. The highest BCUT2D eigenvalue weighted by atomic mass is 32.2. The fraction of sp³-hybridized carbons (Fsp3) is 0.615. The molecule has 1 fully saturated rings. The minimum absolute atomic E-state index is 0.108. The molecule has 1 saturated heterocycles. The standard InChI is InChI=1S/C13H19NO3S/c1-2-11(12-4-3-6-17-12)14-5-7-18-9-10(14)8-13(15)16/h3-4,6,10-11H,2,5,7-9H2,1H3,(H,15,16). The third kappa shape index (κ3) is 3.09. The predicted octanol–water partition coefficient (Wildman–Crippen LogP) is 2.62. The van der Waals surface area contributed by atoms with Crippen LogP contribution in [0.4, 0.5) is 0 Å². The summed E-state index contributed by atoms with van der Waals surface area (Å²) in [6.07, 6.45) is 2.83. The molecule has 0 amide bonds. The van der Waals surface area contributed by atoms with Gasteiger partial charge in [-0.1, -0.05) is 6.92 Å². The van der Waals surface area contributed by atoms with E-state index in [1.54, 1.807) is 6.26 Å². The van der Waals surface area contributed by atoms with Gasteiger partial charge in [0.25, 0.3) is 0 Å². The summed E-state index contributed by atoms with van der Waals surface area (Å²) >= 11 is 1.84. The third-order valence-electron chi connectivity index (χ3n) is 3.34. The number of hydrogen-bond donors (Lipinski definition) is 1. The average molecular weight is 269 g/mol. The van der Waals surface area contributed by atoms with Gasteiger partial charge in [0.05, 0.1) is 18.7 Å². The number of rotatable bonds is 5. The van der Waals surface area contributed by atoms with Crippen molar-refractivity contribution in [2.45, 2.75) is 31.8 Å². The van der Waals surface area contributed by atoms with Crippen molar-refractivity contribution in [1.29, 1.82) is 0 Å². The molecule has 0 aromatic carbocycles. The van der Waals surface area contributed by atoms with E-state index in [4.69, 9.17) is 9.52 Å². The van der Waals surface area contributed by atoms with Gasteiger partial charge >= 0.3 is 5.97 Å². The van der Waals surface area contributed by atoms with E-state index in [1.807, 2.05) is 23.9 Å². The molecule has 1 aromatic heterocycles. The molecule has 1 aliphatic heterocycles. The number of aliphatic carboxylic acids is 1. The topological polar surface area (TPSA) is 53.7 Å². The minimum Gasteiger partial charge on any atom is -0.481 e. The smallest absolute Gasteiger partial charge is 0.304 e. The Kier molecular flexibility index (Phi) is 4.72. The van der Waals surface area contributed by atoms with E-state index in [2.05, 4.69) is 11.8 Å². The number of carboxylic acids is 1. The quantitative estimate of drug-likeness (QED) is 0.890. The highest BCUT2D eigenvalue weighted by molar-refractivity contribution is 7.99. The summed E-state index contributed by atoms with van der Waals surface area (Å²) < 4.78 is 5.50. The lowest BCUT2D eigenvalue weighted by atomic mass is 10.1. The van der Waals surface area contributed by atoms with Crippen LogP contribution in [-0.4, -0.2) is 40.1 Å². The monoisotopic (exact) mass is 269 g/mol. The first-order valence-electron chi connectivity index (χ1n) is 6.31. The molecule has 18 heavy (non-hydrogen) atoms. The molecule has 0 aliphatic carbocycles. The van der Waals surface area contributed by atoms with Gasteiger partial charge in [-0.3, -0.25) is 9.69 Å². The molecule has 0 saturated carbocycles. The fourth-order valence-electron chi connectivity index (χ4n) is 2.54. The molecule has 2 heterocycles. The van der Waals surface area contributed by atoms with Crippen LogP contribution in [0.25, 0.3) is 0 Å². The van der Waals surface area contributed by atoms with Crippen LogP contribution in [-0.2, 0) is 4.79 Å². The highest BCUT2D eigenvalue weighted by Gasteiger charge is 2.31. The van der Waals surface area contributed by atoms with Gasteiger partial charge in [-0.25, -0.2) is 0 Å². The van der Waals surface area contributed by atoms with E-state index in [-0.39, 0.29) is 18.5 Å². The first-order chi connectivity index (χ1) is 8.72. The van der Waals surface area contributed by atoms with Gasteiger partial charge in [-0.2, -0.15) is 11.8 Å². The lowest BCUT2D eigenvalue weighted by Crippen LogP contribution is -2.45. The van der Waals surface area contributed by atoms with Gasteiger partial charge in [0.1, 0.15) is 5.76 Å². The van der Waals surface area contributed by atoms with Crippen LogP contribution < -0.4 is 0 Å². The molecule has 5 heteroatoms. The first-order valence-corrected chi connectivity index (χ1v) is 7.46. The maximum Gasteiger partial charge on any atom is 0.304 e. The largest absolute Gasteiger partial charge is 0.481 e. The summed E-state index contributed by atoms with van der Waals surface area (Å²) in [4.78, 5) is 13.2. The van der Waals surface area contributed by atoms with Crippen molar-refractivity contribution < 1.29 is 14.3 Å². The van der Waals surface area contributed by atoms with Crippen molar-refractivity contribution in [3.63, 3.8) is 0 Å². The van der Waals surface area contributed by atoms with Gasteiger partial charge in [-0.15, -0.1) is 0 Å². The van der Waals surface area contributed by atoms with Crippen LogP contribution in [0.15, 0.2) is 22.8 Å². The van der Waals surface area contributed by atoms with Crippen LogP contribution in [0.3, 0.4) is 0 Å². The van der Waals surface area contributed by atoms with Gasteiger partial charge in [0.2, 0.25) is 0 Å². The Balaban J connectivity index is 2.13. The van der Waals surface area contributed by atoms with Crippen molar-refractivity contribution >= 4 is 17.7 Å². The first kappa shape index (κ1) is 13.5. The maximum absolute atomic E-state index is 11.0. The molecule has 0 radical (unpaired) electrons. The summed E-state index contributed by atoms with van der Waals surface area (Å²) in [5, 5.41) is 9.01. The molecule has 4 nitrogen and oxygen atoms in total. The Labute approximate surface area is 111 Å². The number of nitrogens with zero attached hydrogens (tertiary/aromatic N) is 1. The minimum atomic E-state index is -0.721. The molecule has 1 aliphatic rings. The van der Waals surface area contributed by atoms with E-state index in [9.17, 15) is 4.79 Å². The zero-order chi connectivity index (χ0) is 13.0. The van der Waals surface area contributed by atoms with E-state index in [0.717, 1.165) is 30.2 Å². The van der Waals surface area contributed by atoms with Gasteiger partial charge < -0.3 is 9.52 Å². The molecule has 2 unspecified atom stereocenters. The van der Waals surface area contributed by atoms with Crippen molar-refractivity contribution in [2.75, 3.05) is 18.1 Å². The Hall–Kier alpha value is -0.940. The second-order valence-corrected chi connectivity index (χ2v) is 5.65. The SMILES string of the molecule is CCC(c1ccco1)N1CCSCC1CC(=O)O. The van der Waals surface area contributed by atoms with Gasteiger partial charge in [-0.05, 0) is 18.6 Å². The van der Waals surface area contributed by atoms with E-state index in [1.165, 1.54) is 0 Å². The Bertz CT molecular complexity index is 380. The van der Waals surface area contributed by atoms with Crippen molar-refractivity contribution in [1.82, 2.24) is 4.90 Å². The summed E-state index contributed by atoms with van der Waals surface area (Å²) in [6.45, 7) is 3.05. The van der Waals surface area contributed by atoms with Gasteiger partial charge in [0.15, 0.2) is 0 Å². The second kappa shape index (κ2) is 6.29. The van der Waals surface area contributed by atoms with Gasteiger partial charge in [0, 0.05) is 24.1 Å². The van der Waals surface area contributed by atoms with E-state index >= 15 is 0 Å². The van der Waals surface area contributed by atoms with E-state index < -0.39 is 5.97 Å². The molecular weight excluding hydrogens is 250 g/mol. The summed E-state index contributed by atoms with van der Waals surface area (Å²) in [7, 11) is 0. The third-order valence-corrected chi connectivity index (χ3v) is 4.43. The number of thioether (sulfide) groups is 1. The van der Waals surface area contributed by atoms with Crippen molar-refractivity contribution in [3.05, 3.63) is 24.2 Å². The zero-order valence-electron chi connectivity index (χ0n) is 10.5. The molecule has 2 rings (SSSR count). The molecule has 1 N–H and O–H groups in total. The summed E-state index contributed by atoms with van der Waals surface area (Å²) in [5.74, 6) is 2.18. The lowest BCUT2D eigenvalue weighted by molar-refractivity contribution is -0.138. The maximum atomic E-state index is 11.0.